The van der Waals surface area contributed by atoms with Crippen molar-refractivity contribution in [2.75, 3.05) is 13.2 Å². The van der Waals surface area contributed by atoms with Crippen molar-refractivity contribution < 1.29 is 19.1 Å². The highest BCUT2D eigenvalue weighted by atomic mass is 16.5. The molecule has 0 N–H and O–H groups in total. The molecule has 0 heterocycles. The third-order valence-electron chi connectivity index (χ3n) is 5.34. The lowest BCUT2D eigenvalue weighted by Gasteiger charge is -2.10. The monoisotopic (exact) mass is 412 g/mol. The van der Waals surface area contributed by atoms with E-state index in [2.05, 4.69) is 0 Å². The summed E-state index contributed by atoms with van der Waals surface area (Å²) < 4.78 is 10.3. The number of ether oxygens (including phenoxy) is 2. The molecule has 0 amide bonds. The van der Waals surface area contributed by atoms with E-state index in [1.807, 2.05) is 20.8 Å². The van der Waals surface area contributed by atoms with Crippen LogP contribution in [0, 0.1) is 5.92 Å². The highest BCUT2D eigenvalue weighted by molar-refractivity contribution is 5.71. The van der Waals surface area contributed by atoms with Crippen molar-refractivity contribution in [2.45, 2.75) is 130 Å². The molecule has 4 nitrogen and oxygen atoms in total. The van der Waals surface area contributed by atoms with E-state index in [0.29, 0.717) is 19.6 Å². The second-order valence-corrected chi connectivity index (χ2v) is 8.42. The van der Waals surface area contributed by atoms with Gasteiger partial charge in [-0.15, -0.1) is 0 Å². The molecule has 0 aliphatic heterocycles. The zero-order valence-electron chi connectivity index (χ0n) is 19.6. The average molecular weight is 413 g/mol. The molecule has 29 heavy (non-hydrogen) atoms. The molecule has 0 rings (SSSR count). The topological polar surface area (TPSA) is 52.6 Å². The molecule has 0 aromatic rings. The van der Waals surface area contributed by atoms with E-state index in [9.17, 15) is 9.59 Å². The van der Waals surface area contributed by atoms with Crippen LogP contribution in [0.25, 0.3) is 0 Å². The molecule has 0 fully saturated rings. The van der Waals surface area contributed by atoms with Crippen LogP contribution in [0.1, 0.15) is 130 Å². The van der Waals surface area contributed by atoms with Crippen molar-refractivity contribution in [3.05, 3.63) is 0 Å². The van der Waals surface area contributed by atoms with E-state index in [4.69, 9.17) is 9.47 Å². The molecule has 0 saturated heterocycles. The molecule has 4 heteroatoms. The van der Waals surface area contributed by atoms with Gasteiger partial charge < -0.3 is 9.47 Å². The highest BCUT2D eigenvalue weighted by Gasteiger charge is 2.13. The standard InChI is InChI=1S/C25H48O4/c1-4-21-28-24(26)20-18-16-14-12-10-8-6-7-9-11-13-15-17-19-23(3)25(27)29-22-5-2/h23H,4-22H2,1-3H3. The van der Waals surface area contributed by atoms with E-state index in [1.54, 1.807) is 0 Å². The SMILES string of the molecule is CCCOC(=O)CCCCCCCCCCCCCCCC(C)C(=O)OCCC. The van der Waals surface area contributed by atoms with Gasteiger partial charge in [-0.1, -0.05) is 97.8 Å². The summed E-state index contributed by atoms with van der Waals surface area (Å²) in [7, 11) is 0. The van der Waals surface area contributed by atoms with Crippen molar-refractivity contribution in [2.24, 2.45) is 5.92 Å². The van der Waals surface area contributed by atoms with Crippen molar-refractivity contribution in [1.82, 2.24) is 0 Å². The molecule has 0 aromatic carbocycles. The molecule has 1 unspecified atom stereocenters. The Balaban J connectivity index is 3.22. The molecular weight excluding hydrogens is 364 g/mol. The van der Waals surface area contributed by atoms with Crippen LogP contribution in [0.5, 0.6) is 0 Å². The molecule has 0 aromatic heterocycles. The lowest BCUT2D eigenvalue weighted by atomic mass is 10.0. The Labute approximate surface area is 180 Å². The number of hydrogen-bond acceptors (Lipinski definition) is 4. The summed E-state index contributed by atoms with van der Waals surface area (Å²) in [5.41, 5.74) is 0. The lowest BCUT2D eigenvalue weighted by molar-refractivity contribution is -0.148. The van der Waals surface area contributed by atoms with E-state index < -0.39 is 0 Å². The molecule has 0 radical (unpaired) electrons. The van der Waals surface area contributed by atoms with Gasteiger partial charge in [0.05, 0.1) is 19.1 Å². The first kappa shape index (κ1) is 27.9. The summed E-state index contributed by atoms with van der Waals surface area (Å²) in [6.45, 7) is 7.15. The van der Waals surface area contributed by atoms with Gasteiger partial charge in [0.15, 0.2) is 0 Å². The van der Waals surface area contributed by atoms with Crippen LogP contribution >= 0.6 is 0 Å². The minimum absolute atomic E-state index is 0.0265. The van der Waals surface area contributed by atoms with Crippen LogP contribution in [0.4, 0.5) is 0 Å². The van der Waals surface area contributed by atoms with E-state index in [1.165, 1.54) is 64.2 Å². The molecule has 172 valence electrons. The zero-order valence-corrected chi connectivity index (χ0v) is 19.6. The number of carbonyl (C=O) groups is 2. The molecule has 0 bridgehead atoms. The third-order valence-corrected chi connectivity index (χ3v) is 5.34. The minimum atomic E-state index is -0.0316. The number of carbonyl (C=O) groups excluding carboxylic acids is 2. The fourth-order valence-corrected chi connectivity index (χ4v) is 3.42. The second kappa shape index (κ2) is 21.6. The van der Waals surface area contributed by atoms with Crippen molar-refractivity contribution in [3.8, 4) is 0 Å². The molecule has 0 aliphatic rings. The van der Waals surface area contributed by atoms with Gasteiger partial charge in [-0.25, -0.2) is 0 Å². The maximum absolute atomic E-state index is 11.7. The minimum Gasteiger partial charge on any atom is -0.466 e. The van der Waals surface area contributed by atoms with Gasteiger partial charge in [0.25, 0.3) is 0 Å². The summed E-state index contributed by atoms with van der Waals surface area (Å²) >= 11 is 0. The Kier molecular flexibility index (Phi) is 20.9. The maximum atomic E-state index is 11.7. The largest absolute Gasteiger partial charge is 0.466 e. The second-order valence-electron chi connectivity index (χ2n) is 8.42. The molecular formula is C25H48O4. The highest BCUT2D eigenvalue weighted by Crippen LogP contribution is 2.15. The van der Waals surface area contributed by atoms with Crippen LogP contribution in [-0.4, -0.2) is 25.2 Å². The molecule has 0 aliphatic carbocycles. The number of esters is 2. The van der Waals surface area contributed by atoms with Crippen molar-refractivity contribution in [1.29, 1.82) is 0 Å². The zero-order chi connectivity index (χ0) is 21.6. The van der Waals surface area contributed by atoms with Crippen LogP contribution in [0.15, 0.2) is 0 Å². The normalized spacial score (nSPS) is 12.0. The first-order valence-electron chi connectivity index (χ1n) is 12.4. The Bertz CT molecular complexity index is 381. The van der Waals surface area contributed by atoms with Gasteiger partial charge in [-0.05, 0) is 25.7 Å². The van der Waals surface area contributed by atoms with Crippen LogP contribution in [0.2, 0.25) is 0 Å². The average Bonchev–Trinajstić information content (AvgIpc) is 2.72. The summed E-state index contributed by atoms with van der Waals surface area (Å²) in [6, 6.07) is 0. The fourth-order valence-electron chi connectivity index (χ4n) is 3.42. The van der Waals surface area contributed by atoms with E-state index in [0.717, 1.165) is 38.5 Å². The summed E-state index contributed by atoms with van der Waals surface area (Å²) in [4.78, 5) is 23.1. The fraction of sp³-hybridized carbons (Fsp3) is 0.920. The van der Waals surface area contributed by atoms with Gasteiger partial charge >= 0.3 is 11.9 Å². The Hall–Kier alpha value is -1.06. The van der Waals surface area contributed by atoms with Crippen molar-refractivity contribution >= 4 is 11.9 Å². The number of hydrogen-bond donors (Lipinski definition) is 0. The van der Waals surface area contributed by atoms with Crippen LogP contribution < -0.4 is 0 Å². The van der Waals surface area contributed by atoms with Gasteiger partial charge in [-0.3, -0.25) is 9.59 Å². The van der Waals surface area contributed by atoms with E-state index in [-0.39, 0.29) is 17.9 Å². The Morgan fingerprint density at radius 2 is 1.03 bits per heavy atom. The summed E-state index contributed by atoms with van der Waals surface area (Å²) in [5, 5.41) is 0. The van der Waals surface area contributed by atoms with Crippen LogP contribution in [0.3, 0.4) is 0 Å². The van der Waals surface area contributed by atoms with Gasteiger partial charge in [0.1, 0.15) is 0 Å². The van der Waals surface area contributed by atoms with Gasteiger partial charge in [0, 0.05) is 6.42 Å². The third kappa shape index (κ3) is 20.0. The predicted molar refractivity (Wildman–Crippen MR) is 121 cm³/mol. The maximum Gasteiger partial charge on any atom is 0.308 e. The summed E-state index contributed by atoms with van der Waals surface area (Å²) in [6.07, 6.45) is 19.7. The Morgan fingerprint density at radius 3 is 1.52 bits per heavy atom. The Morgan fingerprint density at radius 1 is 0.621 bits per heavy atom. The molecule has 1 atom stereocenters. The van der Waals surface area contributed by atoms with E-state index >= 15 is 0 Å². The van der Waals surface area contributed by atoms with Crippen LogP contribution in [-0.2, 0) is 19.1 Å². The summed E-state index contributed by atoms with van der Waals surface area (Å²) in [5.74, 6) is -0.00593. The first-order chi connectivity index (χ1) is 14.1. The number of rotatable bonds is 21. The quantitative estimate of drug-likeness (QED) is 0.146. The van der Waals surface area contributed by atoms with Crippen molar-refractivity contribution in [3.63, 3.8) is 0 Å². The van der Waals surface area contributed by atoms with Gasteiger partial charge in [-0.2, -0.15) is 0 Å². The lowest BCUT2D eigenvalue weighted by Crippen LogP contribution is -2.15. The number of unbranched alkanes of at least 4 members (excludes halogenated alkanes) is 12. The predicted octanol–water partition coefficient (Wildman–Crippen LogP) is 7.38. The van der Waals surface area contributed by atoms with Gasteiger partial charge in [0.2, 0.25) is 0 Å². The molecule has 0 spiro atoms. The smallest absolute Gasteiger partial charge is 0.308 e. The molecule has 0 saturated carbocycles. The first-order valence-corrected chi connectivity index (χ1v) is 12.4.